The molecule has 0 aliphatic rings. The van der Waals surface area contributed by atoms with Crippen LogP contribution in [0.2, 0.25) is 5.02 Å². The number of hydrogen-bond acceptors (Lipinski definition) is 4. The summed E-state index contributed by atoms with van der Waals surface area (Å²) in [5.41, 5.74) is 4.28. The molecule has 0 aliphatic heterocycles. The van der Waals surface area contributed by atoms with Crippen molar-refractivity contribution in [3.63, 3.8) is 0 Å². The zero-order chi connectivity index (χ0) is 20.2. The van der Waals surface area contributed by atoms with Crippen LogP contribution in [0, 0.1) is 6.92 Å². The van der Waals surface area contributed by atoms with E-state index >= 15 is 0 Å². The first-order valence-corrected chi connectivity index (χ1v) is 9.57. The van der Waals surface area contributed by atoms with Crippen molar-refractivity contribution in [1.29, 1.82) is 0 Å². The number of aromatic nitrogens is 1. The van der Waals surface area contributed by atoms with Crippen molar-refractivity contribution in [2.24, 2.45) is 0 Å². The number of aryl methyl sites for hydroxylation is 1. The number of ether oxygens (including phenoxy) is 1. The summed E-state index contributed by atoms with van der Waals surface area (Å²) in [6, 6.07) is 20.6. The second-order valence-electron chi connectivity index (χ2n) is 6.70. The maximum atomic E-state index is 12.1. The summed E-state index contributed by atoms with van der Waals surface area (Å²) in [5, 5.41) is 3.49. The molecule has 0 radical (unpaired) electrons. The summed E-state index contributed by atoms with van der Waals surface area (Å²) in [4.78, 5) is 16.6. The lowest BCUT2D eigenvalue weighted by atomic mass is 10.1. The normalized spacial score (nSPS) is 10.8. The molecule has 0 fully saturated rings. The Morgan fingerprint density at radius 1 is 1.10 bits per heavy atom. The Morgan fingerprint density at radius 3 is 2.66 bits per heavy atom. The number of nitrogens with one attached hydrogen (secondary N) is 1. The van der Waals surface area contributed by atoms with E-state index in [1.807, 2.05) is 55.5 Å². The fourth-order valence-electron chi connectivity index (χ4n) is 2.93. The van der Waals surface area contributed by atoms with Gasteiger partial charge in [0.1, 0.15) is 11.3 Å². The number of oxazole rings is 1. The molecule has 0 unspecified atom stereocenters. The predicted octanol–water partition coefficient (Wildman–Crippen LogP) is 5.40. The lowest BCUT2D eigenvalue weighted by Gasteiger charge is -2.09. The molecule has 1 heterocycles. The van der Waals surface area contributed by atoms with Crippen LogP contribution in [0.1, 0.15) is 17.0 Å². The highest BCUT2D eigenvalue weighted by Crippen LogP contribution is 2.21. The summed E-state index contributed by atoms with van der Waals surface area (Å²) in [6.45, 7) is 1.81. The molecule has 0 bridgehead atoms. The lowest BCUT2D eigenvalue weighted by molar-refractivity contribution is -0.118. The zero-order valence-electron chi connectivity index (χ0n) is 15.8. The van der Waals surface area contributed by atoms with Crippen molar-refractivity contribution in [3.8, 4) is 5.75 Å². The van der Waals surface area contributed by atoms with Crippen LogP contribution < -0.4 is 10.1 Å². The first kappa shape index (κ1) is 19.0. The maximum Gasteiger partial charge on any atom is 0.262 e. The molecule has 146 valence electrons. The van der Waals surface area contributed by atoms with E-state index in [2.05, 4.69) is 10.3 Å². The molecule has 1 amide bonds. The number of hydrogen-bond donors (Lipinski definition) is 1. The molecular weight excluding hydrogens is 388 g/mol. The van der Waals surface area contributed by atoms with Crippen molar-refractivity contribution >= 4 is 34.3 Å². The van der Waals surface area contributed by atoms with Crippen LogP contribution in [0.4, 0.5) is 5.69 Å². The van der Waals surface area contributed by atoms with Gasteiger partial charge < -0.3 is 14.5 Å². The molecule has 0 spiro atoms. The van der Waals surface area contributed by atoms with Crippen LogP contribution in [0.3, 0.4) is 0 Å². The van der Waals surface area contributed by atoms with E-state index in [9.17, 15) is 4.79 Å². The van der Waals surface area contributed by atoms with E-state index < -0.39 is 0 Å². The SMILES string of the molecule is Cc1cc(OCC(=O)Nc2ccc(Cc3nc4ccccc4o3)cc2)ccc1Cl. The lowest BCUT2D eigenvalue weighted by Crippen LogP contribution is -2.20. The number of amides is 1. The Bertz CT molecular complexity index is 1120. The molecule has 0 atom stereocenters. The molecule has 1 N–H and O–H groups in total. The molecule has 1 aromatic heterocycles. The minimum atomic E-state index is -0.232. The highest BCUT2D eigenvalue weighted by Gasteiger charge is 2.08. The number of benzene rings is 3. The largest absolute Gasteiger partial charge is 0.484 e. The third-order valence-corrected chi connectivity index (χ3v) is 4.85. The Kier molecular flexibility index (Phi) is 5.49. The van der Waals surface area contributed by atoms with Gasteiger partial charge in [0.25, 0.3) is 5.91 Å². The number of carbonyl (C=O) groups excluding carboxylic acids is 1. The summed E-state index contributed by atoms with van der Waals surface area (Å²) >= 11 is 5.99. The Hall–Kier alpha value is -3.31. The number of halogens is 1. The van der Waals surface area contributed by atoms with Gasteiger partial charge in [0, 0.05) is 17.1 Å². The molecule has 6 heteroatoms. The van der Waals surface area contributed by atoms with Crippen LogP contribution in [-0.4, -0.2) is 17.5 Å². The average Bonchev–Trinajstić information content (AvgIpc) is 3.13. The molecule has 4 rings (SSSR count). The number of fused-ring (bicyclic) bond motifs is 1. The topological polar surface area (TPSA) is 64.4 Å². The van der Waals surface area contributed by atoms with E-state index in [0.29, 0.717) is 28.8 Å². The van der Waals surface area contributed by atoms with Crippen LogP contribution in [0.25, 0.3) is 11.1 Å². The molecule has 4 aromatic rings. The molecule has 0 aliphatic carbocycles. The van der Waals surface area contributed by atoms with Crippen molar-refractivity contribution in [3.05, 3.63) is 88.8 Å². The van der Waals surface area contributed by atoms with E-state index in [1.165, 1.54) is 0 Å². The predicted molar refractivity (Wildman–Crippen MR) is 114 cm³/mol. The van der Waals surface area contributed by atoms with Crippen LogP contribution in [-0.2, 0) is 11.2 Å². The second-order valence-corrected chi connectivity index (χ2v) is 7.10. The monoisotopic (exact) mass is 406 g/mol. The minimum absolute atomic E-state index is 0.0777. The van der Waals surface area contributed by atoms with Gasteiger partial charge in [-0.05, 0) is 60.5 Å². The molecule has 29 heavy (non-hydrogen) atoms. The zero-order valence-corrected chi connectivity index (χ0v) is 16.6. The van der Waals surface area contributed by atoms with Gasteiger partial charge in [-0.2, -0.15) is 0 Å². The van der Waals surface area contributed by atoms with Crippen molar-refractivity contribution in [2.75, 3.05) is 11.9 Å². The standard InChI is InChI=1S/C23H19ClN2O3/c1-15-12-18(10-11-19(15)24)28-14-22(27)25-17-8-6-16(7-9-17)13-23-26-20-4-2-3-5-21(20)29-23/h2-12H,13-14H2,1H3,(H,25,27). The smallest absolute Gasteiger partial charge is 0.262 e. The molecule has 5 nitrogen and oxygen atoms in total. The number of rotatable bonds is 6. The first-order chi connectivity index (χ1) is 14.1. The van der Waals surface area contributed by atoms with Crippen LogP contribution >= 0.6 is 11.6 Å². The van der Waals surface area contributed by atoms with Crippen LogP contribution in [0.5, 0.6) is 5.75 Å². The third kappa shape index (κ3) is 4.76. The highest BCUT2D eigenvalue weighted by atomic mass is 35.5. The summed E-state index contributed by atoms with van der Waals surface area (Å²) in [5.74, 6) is 1.04. The van der Waals surface area contributed by atoms with Gasteiger partial charge in [0.05, 0.1) is 0 Å². The van der Waals surface area contributed by atoms with Crippen molar-refractivity contribution in [1.82, 2.24) is 4.98 Å². The van der Waals surface area contributed by atoms with Crippen molar-refractivity contribution < 1.29 is 13.9 Å². The Balaban J connectivity index is 1.32. The Labute approximate surface area is 173 Å². The maximum absolute atomic E-state index is 12.1. The first-order valence-electron chi connectivity index (χ1n) is 9.19. The Morgan fingerprint density at radius 2 is 1.90 bits per heavy atom. The summed E-state index contributed by atoms with van der Waals surface area (Å²) < 4.78 is 11.3. The fourth-order valence-corrected chi connectivity index (χ4v) is 3.05. The van der Waals surface area contributed by atoms with Gasteiger partial charge in [-0.15, -0.1) is 0 Å². The molecule has 3 aromatic carbocycles. The average molecular weight is 407 g/mol. The summed E-state index contributed by atoms with van der Waals surface area (Å²) in [7, 11) is 0. The van der Waals surface area contributed by atoms with Gasteiger partial charge in [0.15, 0.2) is 18.1 Å². The number of para-hydroxylation sites is 2. The fraction of sp³-hybridized carbons (Fsp3) is 0.130. The number of carbonyl (C=O) groups is 1. The molecular formula is C23H19ClN2O3. The van der Waals surface area contributed by atoms with E-state index in [1.54, 1.807) is 18.2 Å². The number of nitrogens with zero attached hydrogens (tertiary/aromatic N) is 1. The number of anilines is 1. The second kappa shape index (κ2) is 8.37. The molecule has 0 saturated heterocycles. The third-order valence-electron chi connectivity index (χ3n) is 4.43. The van der Waals surface area contributed by atoms with E-state index in [4.69, 9.17) is 20.8 Å². The summed E-state index contributed by atoms with van der Waals surface area (Å²) in [6.07, 6.45) is 0.585. The van der Waals surface area contributed by atoms with Crippen molar-refractivity contribution in [2.45, 2.75) is 13.3 Å². The van der Waals surface area contributed by atoms with Gasteiger partial charge in [-0.3, -0.25) is 4.79 Å². The van der Waals surface area contributed by atoms with E-state index in [-0.39, 0.29) is 12.5 Å². The van der Waals surface area contributed by atoms with E-state index in [0.717, 1.165) is 22.2 Å². The van der Waals surface area contributed by atoms with Gasteiger partial charge in [0.2, 0.25) is 0 Å². The quantitative estimate of drug-likeness (QED) is 0.465. The van der Waals surface area contributed by atoms with Gasteiger partial charge in [-0.1, -0.05) is 35.9 Å². The van der Waals surface area contributed by atoms with Crippen LogP contribution in [0.15, 0.2) is 71.1 Å². The van der Waals surface area contributed by atoms with Gasteiger partial charge in [-0.25, -0.2) is 4.98 Å². The molecule has 0 saturated carbocycles. The highest BCUT2D eigenvalue weighted by molar-refractivity contribution is 6.31. The minimum Gasteiger partial charge on any atom is -0.484 e. The van der Waals surface area contributed by atoms with Gasteiger partial charge >= 0.3 is 0 Å².